The quantitative estimate of drug-likeness (QED) is 0.386. The molecule has 0 aliphatic rings. The molecular weight excluding hydrogens is 378 g/mol. The molecule has 27 heavy (non-hydrogen) atoms. The third kappa shape index (κ3) is 4.66. The van der Waals surface area contributed by atoms with Crippen molar-refractivity contribution in [2.45, 2.75) is 11.8 Å². The van der Waals surface area contributed by atoms with Crippen molar-refractivity contribution < 1.29 is 27.6 Å². The van der Waals surface area contributed by atoms with Crippen molar-refractivity contribution in [3.8, 4) is 6.07 Å². The second kappa shape index (κ2) is 8.39. The number of amides is 1. The van der Waals surface area contributed by atoms with E-state index in [1.54, 1.807) is 6.07 Å². The maximum atomic E-state index is 12.2. The molecule has 11 nitrogen and oxygen atoms in total. The molecule has 0 fully saturated rings. The molecule has 2 heterocycles. The molecule has 2 rings (SSSR count). The molecule has 12 heteroatoms. The Balaban J connectivity index is 2.20. The van der Waals surface area contributed by atoms with E-state index in [4.69, 9.17) is 14.5 Å². The molecule has 2 aromatic heterocycles. The van der Waals surface area contributed by atoms with Gasteiger partial charge in [0.1, 0.15) is 16.7 Å². The summed E-state index contributed by atoms with van der Waals surface area (Å²) in [6.07, 6.45) is 3.20. The van der Waals surface area contributed by atoms with E-state index in [1.165, 1.54) is 14.0 Å². The second-order valence-electron chi connectivity index (χ2n) is 5.14. The summed E-state index contributed by atoms with van der Waals surface area (Å²) in [5, 5.41) is 24.9. The molecule has 2 N–H and O–H groups in total. The molecule has 0 aliphatic heterocycles. The minimum atomic E-state index is -3.62. The number of nitriles is 1. The van der Waals surface area contributed by atoms with Crippen molar-refractivity contribution >= 4 is 27.5 Å². The van der Waals surface area contributed by atoms with E-state index in [2.05, 4.69) is 20.4 Å². The molecule has 0 saturated carbocycles. The highest BCUT2D eigenvalue weighted by Crippen LogP contribution is 2.20. The van der Waals surface area contributed by atoms with Crippen LogP contribution in [0.15, 0.2) is 33.6 Å². The monoisotopic (exact) mass is 393 g/mol. The lowest BCUT2D eigenvalue weighted by atomic mass is 10.1. The number of rotatable bonds is 7. The maximum Gasteiger partial charge on any atom is 0.272 e. The Kier molecular flexibility index (Phi) is 6.22. The number of aryl methyl sites for hydroxylation is 1. The summed E-state index contributed by atoms with van der Waals surface area (Å²) in [6.45, 7) is 1.51. The summed E-state index contributed by atoms with van der Waals surface area (Å²) in [5.41, 5.74) is -0.524. The van der Waals surface area contributed by atoms with Gasteiger partial charge in [-0.05, 0) is 6.92 Å². The van der Waals surface area contributed by atoms with Gasteiger partial charge in [-0.15, -0.1) is 0 Å². The van der Waals surface area contributed by atoms with Gasteiger partial charge >= 0.3 is 0 Å². The Morgan fingerprint density at radius 3 is 2.56 bits per heavy atom. The molecule has 0 atom stereocenters. The van der Waals surface area contributed by atoms with Gasteiger partial charge in [-0.2, -0.15) is 5.26 Å². The fourth-order valence-corrected chi connectivity index (χ4v) is 2.94. The van der Waals surface area contributed by atoms with E-state index in [0.29, 0.717) is 0 Å². The maximum absolute atomic E-state index is 12.2. The van der Waals surface area contributed by atoms with Gasteiger partial charge in [-0.1, -0.05) is 5.16 Å². The van der Waals surface area contributed by atoms with Gasteiger partial charge in [0.25, 0.3) is 5.91 Å². The van der Waals surface area contributed by atoms with Crippen LogP contribution in [0.25, 0.3) is 5.76 Å². The Morgan fingerprint density at radius 1 is 1.37 bits per heavy atom. The summed E-state index contributed by atoms with van der Waals surface area (Å²) in [5.74, 6) is -1.87. The smallest absolute Gasteiger partial charge is 0.272 e. The first-order chi connectivity index (χ1) is 12.8. The first-order valence-electron chi connectivity index (χ1n) is 7.40. The Hall–Kier alpha value is -3.30. The minimum Gasteiger partial charge on any atom is -0.506 e. The van der Waals surface area contributed by atoms with Crippen LogP contribution in [-0.4, -0.2) is 54.0 Å². The van der Waals surface area contributed by atoms with Crippen LogP contribution in [0.2, 0.25) is 0 Å². The van der Waals surface area contributed by atoms with Crippen LogP contribution in [0, 0.1) is 18.3 Å². The Morgan fingerprint density at radius 2 is 2.04 bits per heavy atom. The number of nitrogens with one attached hydrogen (secondary N) is 1. The molecule has 0 spiro atoms. The normalized spacial score (nSPS) is 12.2. The number of aromatic nitrogens is 3. The number of anilines is 1. The van der Waals surface area contributed by atoms with E-state index in [9.17, 15) is 18.3 Å². The lowest BCUT2D eigenvalue weighted by Crippen LogP contribution is -2.18. The molecule has 1 amide bonds. The number of carbonyl (C=O) groups excluding carboxylic acids is 1. The summed E-state index contributed by atoms with van der Waals surface area (Å²) in [4.78, 5) is 19.5. The fraction of sp³-hybridized carbons (Fsp3) is 0.267. The predicted molar refractivity (Wildman–Crippen MR) is 91.0 cm³/mol. The van der Waals surface area contributed by atoms with Crippen LogP contribution < -0.4 is 5.32 Å². The number of hydrogen-bond donors (Lipinski definition) is 2. The van der Waals surface area contributed by atoms with Crippen molar-refractivity contribution in [3.63, 3.8) is 0 Å². The molecular formula is C15H15N5O6S. The minimum absolute atomic E-state index is 0.0126. The summed E-state index contributed by atoms with van der Waals surface area (Å²) in [6, 6.07) is 1.58. The van der Waals surface area contributed by atoms with E-state index in [0.717, 1.165) is 18.6 Å². The second-order valence-corrected chi connectivity index (χ2v) is 7.25. The van der Waals surface area contributed by atoms with Crippen LogP contribution in [0.5, 0.6) is 0 Å². The number of carbonyl (C=O) groups is 1. The highest BCUT2D eigenvalue weighted by Gasteiger charge is 2.21. The van der Waals surface area contributed by atoms with Gasteiger partial charge in [0.05, 0.1) is 36.5 Å². The van der Waals surface area contributed by atoms with Crippen LogP contribution in [0.3, 0.4) is 0 Å². The van der Waals surface area contributed by atoms with Gasteiger partial charge in [0, 0.05) is 7.11 Å². The first kappa shape index (κ1) is 20.0. The molecule has 2 aromatic rings. The molecule has 0 unspecified atom stereocenters. The lowest BCUT2D eigenvalue weighted by Gasteiger charge is -2.06. The highest BCUT2D eigenvalue weighted by molar-refractivity contribution is 7.91. The summed E-state index contributed by atoms with van der Waals surface area (Å²) in [7, 11) is -2.24. The van der Waals surface area contributed by atoms with Crippen molar-refractivity contribution in [1.29, 1.82) is 5.26 Å². The lowest BCUT2D eigenvalue weighted by molar-refractivity contribution is -0.112. The molecule has 0 aliphatic carbocycles. The molecule has 0 aromatic carbocycles. The Bertz CT molecular complexity index is 1000. The van der Waals surface area contributed by atoms with E-state index >= 15 is 0 Å². The average Bonchev–Trinajstić information content (AvgIpc) is 3.07. The fourth-order valence-electron chi connectivity index (χ4n) is 1.89. The van der Waals surface area contributed by atoms with Gasteiger partial charge < -0.3 is 14.4 Å². The highest BCUT2D eigenvalue weighted by atomic mass is 32.2. The number of ether oxygens (including phenoxy) is 1. The molecule has 0 radical (unpaired) electrons. The zero-order valence-corrected chi connectivity index (χ0v) is 15.1. The van der Waals surface area contributed by atoms with Crippen molar-refractivity contribution in [3.05, 3.63) is 35.5 Å². The number of hydrogen-bond acceptors (Lipinski definition) is 10. The van der Waals surface area contributed by atoms with Crippen LogP contribution in [0.4, 0.5) is 5.95 Å². The largest absolute Gasteiger partial charge is 0.506 e. The first-order valence-corrected chi connectivity index (χ1v) is 9.05. The van der Waals surface area contributed by atoms with Crippen LogP contribution in [0.1, 0.15) is 11.3 Å². The average molecular weight is 393 g/mol. The zero-order chi connectivity index (χ0) is 20.0. The number of sulfone groups is 1. The van der Waals surface area contributed by atoms with E-state index in [1.807, 2.05) is 0 Å². The van der Waals surface area contributed by atoms with E-state index < -0.39 is 27.1 Å². The molecule has 0 bridgehead atoms. The zero-order valence-electron chi connectivity index (χ0n) is 14.3. The van der Waals surface area contributed by atoms with Gasteiger partial charge in [-0.3, -0.25) is 10.1 Å². The topological polar surface area (TPSA) is 168 Å². The van der Waals surface area contributed by atoms with Crippen LogP contribution >= 0.6 is 0 Å². The number of aliphatic hydroxyl groups excluding tert-OH is 1. The molecule has 0 saturated heterocycles. The van der Waals surface area contributed by atoms with Gasteiger partial charge in [0.15, 0.2) is 21.2 Å². The van der Waals surface area contributed by atoms with Crippen molar-refractivity contribution in [1.82, 2.24) is 15.1 Å². The van der Waals surface area contributed by atoms with Crippen LogP contribution in [-0.2, 0) is 19.4 Å². The SMILES string of the molecule is COCCS(=O)(=O)c1cnc(NC(=O)/C(C#N)=C(\O)c2cnoc2C)nc1. The standard InChI is InChI=1S/C15H15N5O6S/c1-9-12(8-19-26-9)13(21)11(5-16)14(22)20-15-17-6-10(7-18-15)27(23,24)4-3-25-2/h6-8,21H,3-4H2,1-2H3,(H,17,18,20,22)/b13-11-. The summed E-state index contributed by atoms with van der Waals surface area (Å²) >= 11 is 0. The number of aliphatic hydroxyl groups is 1. The van der Waals surface area contributed by atoms with Gasteiger partial charge in [-0.25, -0.2) is 18.4 Å². The molecule has 142 valence electrons. The van der Waals surface area contributed by atoms with Crippen molar-refractivity contribution in [2.24, 2.45) is 0 Å². The Labute approximate surface area is 154 Å². The third-order valence-electron chi connectivity index (χ3n) is 3.35. The third-order valence-corrected chi connectivity index (χ3v) is 4.98. The summed E-state index contributed by atoms with van der Waals surface area (Å²) < 4.78 is 33.5. The van der Waals surface area contributed by atoms with Gasteiger partial charge in [0.2, 0.25) is 5.95 Å². The van der Waals surface area contributed by atoms with Crippen molar-refractivity contribution in [2.75, 3.05) is 24.8 Å². The predicted octanol–water partition coefficient (Wildman–Crippen LogP) is 0.624. The number of nitrogens with zero attached hydrogens (tertiary/aromatic N) is 4. The van der Waals surface area contributed by atoms with E-state index in [-0.39, 0.29) is 34.5 Å². The number of methoxy groups -OCH3 is 1.